The largest absolute Gasteiger partial charge is 0.390 e. The molecular weight excluding hydrogens is 203 g/mol. The Morgan fingerprint density at radius 3 is 2.50 bits per heavy atom. The highest BCUT2D eigenvalue weighted by molar-refractivity contribution is 5.23. The minimum atomic E-state index is -0.571. The van der Waals surface area contributed by atoms with Crippen LogP contribution in [0.2, 0.25) is 0 Å². The molecule has 0 unspecified atom stereocenters. The van der Waals surface area contributed by atoms with Gasteiger partial charge in [-0.1, -0.05) is 18.6 Å². The Balaban J connectivity index is 2.35. The molecule has 1 rings (SSSR count). The van der Waals surface area contributed by atoms with Crippen LogP contribution in [-0.4, -0.2) is 10.7 Å². The van der Waals surface area contributed by atoms with Crippen molar-refractivity contribution < 1.29 is 9.50 Å². The van der Waals surface area contributed by atoms with Crippen molar-refractivity contribution in [3.05, 3.63) is 35.1 Å². The number of aliphatic hydroxyl groups is 1. The number of rotatable bonds is 5. The Labute approximate surface area is 97.3 Å². The molecule has 0 spiro atoms. The summed E-state index contributed by atoms with van der Waals surface area (Å²) in [7, 11) is 0. The summed E-state index contributed by atoms with van der Waals surface area (Å²) in [5.41, 5.74) is 1.31. The molecule has 0 saturated carbocycles. The van der Waals surface area contributed by atoms with Gasteiger partial charge in [-0.05, 0) is 57.2 Å². The van der Waals surface area contributed by atoms with Crippen LogP contribution in [0.15, 0.2) is 18.2 Å². The lowest BCUT2D eigenvalue weighted by molar-refractivity contribution is 0.0682. The predicted molar refractivity (Wildman–Crippen MR) is 65.0 cm³/mol. The summed E-state index contributed by atoms with van der Waals surface area (Å²) in [6.45, 7) is 5.44. The maximum Gasteiger partial charge on any atom is 0.126 e. The van der Waals surface area contributed by atoms with Gasteiger partial charge in [-0.25, -0.2) is 4.39 Å². The highest BCUT2D eigenvalue weighted by Crippen LogP contribution is 2.15. The molecule has 0 aromatic heterocycles. The lowest BCUT2D eigenvalue weighted by atomic mass is 9.98. The van der Waals surface area contributed by atoms with E-state index in [1.54, 1.807) is 6.92 Å². The van der Waals surface area contributed by atoms with E-state index in [0.717, 1.165) is 25.7 Å². The van der Waals surface area contributed by atoms with Crippen molar-refractivity contribution in [3.8, 4) is 0 Å². The van der Waals surface area contributed by atoms with E-state index in [2.05, 4.69) is 0 Å². The molecule has 0 heterocycles. The monoisotopic (exact) mass is 224 g/mol. The highest BCUT2D eigenvalue weighted by Gasteiger charge is 2.11. The number of hydrogen-bond donors (Lipinski definition) is 1. The molecule has 0 aliphatic rings. The zero-order valence-corrected chi connectivity index (χ0v) is 10.4. The van der Waals surface area contributed by atoms with Crippen LogP contribution in [0.1, 0.15) is 44.2 Å². The minimum absolute atomic E-state index is 0.139. The first-order chi connectivity index (χ1) is 7.38. The molecule has 2 heteroatoms. The zero-order chi connectivity index (χ0) is 12.2. The first-order valence-corrected chi connectivity index (χ1v) is 5.86. The first kappa shape index (κ1) is 13.2. The number of unbranched alkanes of at least 4 members (excludes halogenated alkanes) is 1. The van der Waals surface area contributed by atoms with E-state index in [1.807, 2.05) is 26.0 Å². The van der Waals surface area contributed by atoms with Crippen molar-refractivity contribution in [1.29, 1.82) is 0 Å². The third-order valence-electron chi connectivity index (χ3n) is 2.73. The van der Waals surface area contributed by atoms with Gasteiger partial charge >= 0.3 is 0 Å². The van der Waals surface area contributed by atoms with E-state index >= 15 is 0 Å². The Kier molecular flexibility index (Phi) is 4.48. The summed E-state index contributed by atoms with van der Waals surface area (Å²) in [6, 6.07) is 5.27. The average Bonchev–Trinajstić information content (AvgIpc) is 2.17. The van der Waals surface area contributed by atoms with Crippen LogP contribution in [0, 0.1) is 12.7 Å². The molecule has 0 amide bonds. The van der Waals surface area contributed by atoms with Crippen molar-refractivity contribution in [2.45, 2.75) is 52.1 Å². The molecule has 1 N–H and O–H groups in total. The highest BCUT2D eigenvalue weighted by atomic mass is 19.1. The Morgan fingerprint density at radius 2 is 1.94 bits per heavy atom. The van der Waals surface area contributed by atoms with E-state index in [0.29, 0.717) is 5.56 Å². The van der Waals surface area contributed by atoms with Crippen molar-refractivity contribution >= 4 is 0 Å². The SMILES string of the molecule is Cc1cc(CCCCC(C)(C)O)ccc1F. The first-order valence-electron chi connectivity index (χ1n) is 5.86. The number of halogens is 1. The number of aryl methyl sites for hydroxylation is 2. The van der Waals surface area contributed by atoms with Gasteiger partial charge in [0.05, 0.1) is 5.60 Å². The fourth-order valence-corrected chi connectivity index (χ4v) is 1.75. The Bertz CT molecular complexity index is 339. The van der Waals surface area contributed by atoms with Crippen LogP contribution in [0.25, 0.3) is 0 Å². The summed E-state index contributed by atoms with van der Waals surface area (Å²) in [5, 5.41) is 9.55. The fraction of sp³-hybridized carbons (Fsp3) is 0.571. The summed E-state index contributed by atoms with van der Waals surface area (Å²) in [4.78, 5) is 0. The van der Waals surface area contributed by atoms with Crippen molar-refractivity contribution in [2.24, 2.45) is 0 Å². The van der Waals surface area contributed by atoms with Gasteiger partial charge in [0.25, 0.3) is 0 Å². The third-order valence-corrected chi connectivity index (χ3v) is 2.73. The lowest BCUT2D eigenvalue weighted by Crippen LogP contribution is -2.17. The molecule has 0 aliphatic carbocycles. The molecule has 1 aromatic carbocycles. The second-order valence-corrected chi connectivity index (χ2v) is 5.10. The molecule has 0 radical (unpaired) electrons. The quantitative estimate of drug-likeness (QED) is 0.757. The van der Waals surface area contributed by atoms with Gasteiger partial charge in [-0.15, -0.1) is 0 Å². The van der Waals surface area contributed by atoms with Crippen LogP contribution < -0.4 is 0 Å². The van der Waals surface area contributed by atoms with Gasteiger partial charge in [0.2, 0.25) is 0 Å². The van der Waals surface area contributed by atoms with Crippen LogP contribution in [-0.2, 0) is 6.42 Å². The minimum Gasteiger partial charge on any atom is -0.390 e. The normalized spacial score (nSPS) is 11.8. The van der Waals surface area contributed by atoms with Gasteiger partial charge in [0, 0.05) is 0 Å². The van der Waals surface area contributed by atoms with Crippen molar-refractivity contribution in [3.63, 3.8) is 0 Å². The van der Waals surface area contributed by atoms with Gasteiger partial charge in [0.15, 0.2) is 0 Å². The summed E-state index contributed by atoms with van der Waals surface area (Å²) < 4.78 is 13.0. The molecule has 0 aliphatic heterocycles. The van der Waals surface area contributed by atoms with Gasteiger partial charge in [-0.3, -0.25) is 0 Å². The van der Waals surface area contributed by atoms with Crippen LogP contribution in [0.5, 0.6) is 0 Å². The molecule has 1 aromatic rings. The van der Waals surface area contributed by atoms with E-state index in [9.17, 15) is 9.50 Å². The van der Waals surface area contributed by atoms with Gasteiger partial charge in [-0.2, -0.15) is 0 Å². The summed E-state index contributed by atoms with van der Waals surface area (Å²) in [5.74, 6) is -0.139. The molecule has 0 fully saturated rings. The maximum absolute atomic E-state index is 13.0. The van der Waals surface area contributed by atoms with Crippen LogP contribution >= 0.6 is 0 Å². The van der Waals surface area contributed by atoms with Gasteiger partial charge < -0.3 is 5.11 Å². The smallest absolute Gasteiger partial charge is 0.126 e. The van der Waals surface area contributed by atoms with Gasteiger partial charge in [0.1, 0.15) is 5.82 Å². The number of hydrogen-bond acceptors (Lipinski definition) is 1. The van der Waals surface area contributed by atoms with E-state index in [-0.39, 0.29) is 5.82 Å². The van der Waals surface area contributed by atoms with E-state index in [1.165, 1.54) is 11.6 Å². The Morgan fingerprint density at radius 1 is 1.25 bits per heavy atom. The predicted octanol–water partition coefficient (Wildman–Crippen LogP) is 3.62. The topological polar surface area (TPSA) is 20.2 Å². The van der Waals surface area contributed by atoms with Crippen molar-refractivity contribution in [1.82, 2.24) is 0 Å². The third kappa shape index (κ3) is 4.75. The molecule has 1 nitrogen and oxygen atoms in total. The fourth-order valence-electron chi connectivity index (χ4n) is 1.75. The maximum atomic E-state index is 13.0. The summed E-state index contributed by atoms with van der Waals surface area (Å²) in [6.07, 6.45) is 3.80. The Hall–Kier alpha value is -0.890. The molecule has 0 bridgehead atoms. The van der Waals surface area contributed by atoms with Crippen molar-refractivity contribution in [2.75, 3.05) is 0 Å². The van der Waals surface area contributed by atoms with Crippen LogP contribution in [0.3, 0.4) is 0 Å². The van der Waals surface area contributed by atoms with E-state index < -0.39 is 5.60 Å². The number of benzene rings is 1. The van der Waals surface area contributed by atoms with Crippen LogP contribution in [0.4, 0.5) is 4.39 Å². The average molecular weight is 224 g/mol. The molecule has 0 atom stereocenters. The molecule has 0 saturated heterocycles. The lowest BCUT2D eigenvalue weighted by Gasteiger charge is -2.16. The molecule has 90 valence electrons. The van der Waals surface area contributed by atoms with E-state index in [4.69, 9.17) is 0 Å². The second kappa shape index (κ2) is 5.44. The molecule has 16 heavy (non-hydrogen) atoms. The summed E-state index contributed by atoms with van der Waals surface area (Å²) >= 11 is 0. The standard InChI is InChI=1S/C14H21FO/c1-11-10-12(7-8-13(11)15)6-4-5-9-14(2,3)16/h7-8,10,16H,4-6,9H2,1-3H3. The zero-order valence-electron chi connectivity index (χ0n) is 10.4. The molecular formula is C14H21FO. The second-order valence-electron chi connectivity index (χ2n) is 5.10.